The van der Waals surface area contributed by atoms with Crippen molar-refractivity contribution in [1.29, 1.82) is 5.26 Å². The Morgan fingerprint density at radius 1 is 1.57 bits per heavy atom. The first-order chi connectivity index (χ1) is 6.35. The normalized spacial score (nSPS) is 25.9. The molecule has 0 radical (unpaired) electrons. The van der Waals surface area contributed by atoms with Crippen molar-refractivity contribution < 1.29 is 8.42 Å². The van der Waals surface area contributed by atoms with Gasteiger partial charge in [0.1, 0.15) is 0 Å². The topological polar surface area (TPSA) is 70.0 Å². The van der Waals surface area contributed by atoms with Crippen LogP contribution in [0, 0.1) is 16.7 Å². The summed E-state index contributed by atoms with van der Waals surface area (Å²) in [4.78, 5) is 0. The molecular formula is C9H16N2O2S. The number of rotatable bonds is 3. The van der Waals surface area contributed by atoms with E-state index in [0.29, 0.717) is 0 Å². The van der Waals surface area contributed by atoms with E-state index >= 15 is 0 Å². The first-order valence-corrected chi connectivity index (χ1v) is 6.37. The summed E-state index contributed by atoms with van der Waals surface area (Å²) in [6.07, 6.45) is 2.77. The summed E-state index contributed by atoms with van der Waals surface area (Å²) >= 11 is 0. The van der Waals surface area contributed by atoms with E-state index < -0.39 is 15.8 Å². The van der Waals surface area contributed by atoms with Crippen LogP contribution in [0.1, 0.15) is 33.1 Å². The predicted molar refractivity (Wildman–Crippen MR) is 54.0 cm³/mol. The third kappa shape index (κ3) is 3.28. The molecule has 1 unspecified atom stereocenters. The maximum absolute atomic E-state index is 11.3. The van der Waals surface area contributed by atoms with E-state index in [2.05, 4.69) is 18.6 Å². The van der Waals surface area contributed by atoms with Gasteiger partial charge in [0, 0.05) is 6.04 Å². The summed E-state index contributed by atoms with van der Waals surface area (Å²) in [6.45, 7) is 4.26. The highest BCUT2D eigenvalue weighted by atomic mass is 32.2. The van der Waals surface area contributed by atoms with E-state index in [1.807, 2.05) is 0 Å². The first-order valence-electron chi connectivity index (χ1n) is 4.72. The standard InChI is InChI=1S/C9H16N2O2S/c1-9(2)4-3-8(7-9)11-14(12,13)6-5-10/h8,11H,3-4,6-7H2,1-2H3. The number of hydrogen-bond acceptors (Lipinski definition) is 3. The van der Waals surface area contributed by atoms with Crippen molar-refractivity contribution in [3.63, 3.8) is 0 Å². The average molecular weight is 216 g/mol. The minimum Gasteiger partial charge on any atom is -0.211 e. The monoisotopic (exact) mass is 216 g/mol. The smallest absolute Gasteiger partial charge is 0.211 e. The highest BCUT2D eigenvalue weighted by Crippen LogP contribution is 2.37. The zero-order valence-corrected chi connectivity index (χ0v) is 9.39. The number of sulfonamides is 1. The molecule has 5 heteroatoms. The van der Waals surface area contributed by atoms with Crippen molar-refractivity contribution in [2.45, 2.75) is 39.2 Å². The number of nitrogens with one attached hydrogen (secondary N) is 1. The average Bonchev–Trinajstić information content (AvgIpc) is 2.28. The fraction of sp³-hybridized carbons (Fsp3) is 0.889. The largest absolute Gasteiger partial charge is 0.225 e. The van der Waals surface area contributed by atoms with Gasteiger partial charge in [0.05, 0.1) is 6.07 Å². The lowest BCUT2D eigenvalue weighted by Gasteiger charge is -2.17. The molecule has 0 aliphatic heterocycles. The Bertz CT molecular complexity index is 340. The fourth-order valence-electron chi connectivity index (χ4n) is 1.92. The first kappa shape index (κ1) is 11.5. The van der Waals surface area contributed by atoms with Gasteiger partial charge in [0.15, 0.2) is 5.75 Å². The van der Waals surface area contributed by atoms with Crippen LogP contribution in [0.4, 0.5) is 0 Å². The van der Waals surface area contributed by atoms with E-state index in [9.17, 15) is 8.42 Å². The molecule has 4 nitrogen and oxygen atoms in total. The van der Waals surface area contributed by atoms with Gasteiger partial charge in [-0.15, -0.1) is 0 Å². The van der Waals surface area contributed by atoms with Crippen LogP contribution in [0.25, 0.3) is 0 Å². The third-order valence-corrected chi connectivity index (χ3v) is 3.77. The van der Waals surface area contributed by atoms with Crippen molar-refractivity contribution in [1.82, 2.24) is 4.72 Å². The lowest BCUT2D eigenvalue weighted by atomic mass is 9.92. The number of hydrogen-bond donors (Lipinski definition) is 1. The van der Waals surface area contributed by atoms with Crippen LogP contribution in [0.2, 0.25) is 0 Å². The second-order valence-electron chi connectivity index (χ2n) is 4.64. The van der Waals surface area contributed by atoms with Crippen LogP contribution in [0.5, 0.6) is 0 Å². The maximum atomic E-state index is 11.3. The van der Waals surface area contributed by atoms with Gasteiger partial charge in [0.25, 0.3) is 0 Å². The van der Waals surface area contributed by atoms with Gasteiger partial charge in [-0.3, -0.25) is 0 Å². The van der Waals surface area contributed by atoms with Gasteiger partial charge in [-0.05, 0) is 24.7 Å². The summed E-state index contributed by atoms with van der Waals surface area (Å²) in [6, 6.07) is 1.67. The van der Waals surface area contributed by atoms with Crippen molar-refractivity contribution >= 4 is 10.0 Å². The van der Waals surface area contributed by atoms with Crippen LogP contribution in [-0.2, 0) is 10.0 Å². The van der Waals surface area contributed by atoms with Gasteiger partial charge in [0.2, 0.25) is 10.0 Å². The Kier molecular flexibility index (Phi) is 3.17. The summed E-state index contributed by atoms with van der Waals surface area (Å²) in [5.74, 6) is -0.441. The summed E-state index contributed by atoms with van der Waals surface area (Å²) < 4.78 is 25.1. The molecule has 0 aromatic carbocycles. The Morgan fingerprint density at radius 3 is 2.64 bits per heavy atom. The summed E-state index contributed by atoms with van der Waals surface area (Å²) in [5.41, 5.74) is 0.222. The van der Waals surface area contributed by atoms with Crippen LogP contribution in [0.15, 0.2) is 0 Å². The van der Waals surface area contributed by atoms with Crippen LogP contribution >= 0.6 is 0 Å². The quantitative estimate of drug-likeness (QED) is 0.765. The predicted octanol–water partition coefficient (Wildman–Crippen LogP) is 1.01. The molecule has 0 aromatic rings. The minimum atomic E-state index is -3.38. The van der Waals surface area contributed by atoms with Gasteiger partial charge in [-0.2, -0.15) is 5.26 Å². The molecule has 1 atom stereocenters. The molecule has 1 rings (SSSR count). The zero-order chi connectivity index (χ0) is 10.8. The molecule has 1 fully saturated rings. The van der Waals surface area contributed by atoms with Crippen molar-refractivity contribution in [3.05, 3.63) is 0 Å². The number of nitrogens with zero attached hydrogens (tertiary/aromatic N) is 1. The lowest BCUT2D eigenvalue weighted by molar-refractivity contribution is 0.372. The Labute approximate surface area is 85.4 Å². The minimum absolute atomic E-state index is 0.0170. The van der Waals surface area contributed by atoms with E-state index in [1.165, 1.54) is 0 Å². The molecule has 0 saturated heterocycles. The molecule has 0 aromatic heterocycles. The number of nitriles is 1. The third-order valence-electron chi connectivity index (χ3n) is 2.57. The van der Waals surface area contributed by atoms with E-state index in [0.717, 1.165) is 19.3 Å². The Morgan fingerprint density at radius 2 is 2.21 bits per heavy atom. The van der Waals surface area contributed by atoms with Crippen molar-refractivity contribution in [3.8, 4) is 6.07 Å². The Balaban J connectivity index is 2.52. The second-order valence-corrected chi connectivity index (χ2v) is 6.39. The summed E-state index contributed by atoms with van der Waals surface area (Å²) in [7, 11) is -3.38. The van der Waals surface area contributed by atoms with Crippen molar-refractivity contribution in [2.75, 3.05) is 5.75 Å². The van der Waals surface area contributed by atoms with Gasteiger partial charge in [-0.25, -0.2) is 13.1 Å². The lowest BCUT2D eigenvalue weighted by Crippen LogP contribution is -2.34. The van der Waals surface area contributed by atoms with E-state index in [1.54, 1.807) is 6.07 Å². The molecule has 1 N–H and O–H groups in total. The molecule has 0 amide bonds. The second kappa shape index (κ2) is 3.87. The molecule has 14 heavy (non-hydrogen) atoms. The highest BCUT2D eigenvalue weighted by molar-refractivity contribution is 7.89. The molecular weight excluding hydrogens is 200 g/mol. The molecule has 0 heterocycles. The maximum Gasteiger partial charge on any atom is 0.225 e. The SMILES string of the molecule is CC1(C)CCC(NS(=O)(=O)CC#N)C1. The highest BCUT2D eigenvalue weighted by Gasteiger charge is 2.32. The molecule has 0 spiro atoms. The Hall–Kier alpha value is -0.600. The van der Waals surface area contributed by atoms with Gasteiger partial charge >= 0.3 is 0 Å². The summed E-state index contributed by atoms with van der Waals surface area (Å²) in [5, 5.41) is 8.31. The zero-order valence-electron chi connectivity index (χ0n) is 8.58. The molecule has 80 valence electrons. The van der Waals surface area contributed by atoms with E-state index in [4.69, 9.17) is 5.26 Å². The van der Waals surface area contributed by atoms with E-state index in [-0.39, 0.29) is 11.5 Å². The van der Waals surface area contributed by atoms with Gasteiger partial charge < -0.3 is 0 Å². The van der Waals surface area contributed by atoms with Crippen molar-refractivity contribution in [2.24, 2.45) is 5.41 Å². The van der Waals surface area contributed by atoms with Crippen LogP contribution in [0.3, 0.4) is 0 Å². The molecule has 1 aliphatic carbocycles. The molecule has 1 saturated carbocycles. The molecule has 1 aliphatic rings. The van der Waals surface area contributed by atoms with Crippen LogP contribution < -0.4 is 4.72 Å². The molecule has 0 bridgehead atoms. The fourth-order valence-corrected chi connectivity index (χ4v) is 2.88. The van der Waals surface area contributed by atoms with Crippen LogP contribution in [-0.4, -0.2) is 20.2 Å². The van der Waals surface area contributed by atoms with Gasteiger partial charge in [-0.1, -0.05) is 13.8 Å².